The average molecular weight is 268 g/mol. The maximum absolute atomic E-state index is 11.0. The normalized spacial score (nSPS) is 52.4. The fourth-order valence-corrected chi connectivity index (χ4v) is 3.45. The van der Waals surface area contributed by atoms with Gasteiger partial charge in [0.15, 0.2) is 0 Å². The van der Waals surface area contributed by atoms with Gasteiger partial charge in [-0.15, -0.1) is 0 Å². The maximum Gasteiger partial charge on any atom is 0.136 e. The van der Waals surface area contributed by atoms with Crippen LogP contribution in [0.15, 0.2) is 0 Å². The number of hydrogen-bond donors (Lipinski definition) is 0. The number of halogens is 2. The zero-order valence-corrected chi connectivity index (χ0v) is 8.56. The van der Waals surface area contributed by atoms with E-state index in [0.717, 1.165) is 12.8 Å². The van der Waals surface area contributed by atoms with Crippen LogP contribution < -0.4 is 0 Å². The van der Waals surface area contributed by atoms with Gasteiger partial charge in [-0.3, -0.25) is 4.79 Å². The molecule has 0 saturated heterocycles. The largest absolute Gasteiger partial charge is 0.299 e. The van der Waals surface area contributed by atoms with Crippen molar-refractivity contribution in [2.24, 2.45) is 11.8 Å². The van der Waals surface area contributed by atoms with Crippen LogP contribution in [0.2, 0.25) is 0 Å². The van der Waals surface area contributed by atoms with Crippen LogP contribution in [0.25, 0.3) is 0 Å². The number of fused-ring (bicyclic) bond motifs is 1. The quantitative estimate of drug-likeness (QED) is 0.615. The summed E-state index contributed by atoms with van der Waals surface area (Å²) >= 11 is 7.14. The molecular weight excluding hydrogens is 260 g/mol. The smallest absolute Gasteiger partial charge is 0.136 e. The molecule has 1 nitrogen and oxygen atoms in total. The number of ketones is 1. The lowest BCUT2D eigenvalue weighted by Crippen LogP contribution is -2.36. The van der Waals surface area contributed by atoms with E-state index in [1.165, 1.54) is 0 Å². The van der Waals surface area contributed by atoms with E-state index in [-0.39, 0.29) is 0 Å². The summed E-state index contributed by atoms with van der Waals surface area (Å²) in [6, 6.07) is 0. The maximum atomic E-state index is 11.0. The van der Waals surface area contributed by atoms with Crippen molar-refractivity contribution in [2.75, 3.05) is 0 Å². The van der Waals surface area contributed by atoms with Crippen LogP contribution in [0.3, 0.4) is 0 Å². The molecule has 0 aromatic rings. The Morgan fingerprint density at radius 1 is 1.40 bits per heavy atom. The van der Waals surface area contributed by atoms with E-state index in [2.05, 4.69) is 31.9 Å². The van der Waals surface area contributed by atoms with Gasteiger partial charge in [0.25, 0.3) is 0 Å². The molecule has 2 rings (SSSR count). The Kier molecular flexibility index (Phi) is 1.68. The molecule has 0 aromatic carbocycles. The zero-order valence-electron chi connectivity index (χ0n) is 5.39. The number of carbonyl (C=O) groups excluding carboxylic acids is 1. The van der Waals surface area contributed by atoms with Crippen LogP contribution >= 0.6 is 31.9 Å². The highest BCUT2D eigenvalue weighted by atomic mass is 79.9. The molecule has 4 atom stereocenters. The summed E-state index contributed by atoms with van der Waals surface area (Å²) in [4.78, 5) is 12.0. The van der Waals surface area contributed by atoms with Crippen LogP contribution in [0.4, 0.5) is 0 Å². The lowest BCUT2D eigenvalue weighted by molar-refractivity contribution is -0.132. The second-order valence-corrected chi connectivity index (χ2v) is 5.37. The summed E-state index contributed by atoms with van der Waals surface area (Å²) < 4.78 is 0. The Balaban J connectivity index is 2.13. The third-order valence-corrected chi connectivity index (χ3v) is 5.57. The van der Waals surface area contributed by atoms with Crippen molar-refractivity contribution in [3.63, 3.8) is 0 Å². The number of rotatable bonds is 0. The summed E-state index contributed by atoms with van der Waals surface area (Å²) in [7, 11) is 0. The molecule has 2 saturated carbocycles. The number of alkyl halides is 2. The molecule has 0 aliphatic heterocycles. The van der Waals surface area contributed by atoms with E-state index in [0.29, 0.717) is 27.3 Å². The second kappa shape index (κ2) is 2.31. The molecule has 3 unspecified atom stereocenters. The zero-order chi connectivity index (χ0) is 7.30. The molecule has 2 aliphatic rings. The molecule has 0 bridgehead atoms. The molecule has 0 aromatic heterocycles. The lowest BCUT2D eigenvalue weighted by Gasteiger charge is -2.29. The molecule has 0 spiro atoms. The van der Waals surface area contributed by atoms with Crippen molar-refractivity contribution in [1.82, 2.24) is 0 Å². The fraction of sp³-hybridized carbons (Fsp3) is 0.857. The Morgan fingerprint density at radius 3 is 2.50 bits per heavy atom. The van der Waals surface area contributed by atoms with Crippen molar-refractivity contribution < 1.29 is 4.79 Å². The van der Waals surface area contributed by atoms with Crippen LogP contribution in [0.5, 0.6) is 0 Å². The van der Waals surface area contributed by atoms with Crippen molar-refractivity contribution >= 4 is 37.6 Å². The van der Waals surface area contributed by atoms with Gasteiger partial charge in [0.05, 0.1) is 0 Å². The van der Waals surface area contributed by atoms with Crippen LogP contribution in [-0.4, -0.2) is 15.4 Å². The molecule has 10 heavy (non-hydrogen) atoms. The standard InChI is InChI=1S/C7H8Br2O/c8-5-1-3-4(7(5)9)2-6(3)10/h3-5,7H,1-2H2/t3?,4-,5?,7?/m1/s1. The summed E-state index contributed by atoms with van der Waals surface area (Å²) in [5.74, 6) is 1.49. The first-order valence-electron chi connectivity index (χ1n) is 3.51. The van der Waals surface area contributed by atoms with E-state index in [4.69, 9.17) is 0 Å². The molecule has 56 valence electrons. The fourth-order valence-electron chi connectivity index (χ4n) is 1.89. The van der Waals surface area contributed by atoms with Gasteiger partial charge in [-0.25, -0.2) is 0 Å². The first-order chi connectivity index (χ1) is 4.70. The molecule has 0 amide bonds. The summed E-state index contributed by atoms with van der Waals surface area (Å²) in [6.45, 7) is 0. The highest BCUT2D eigenvalue weighted by molar-refractivity contribution is 9.12. The van der Waals surface area contributed by atoms with Crippen LogP contribution in [0.1, 0.15) is 12.8 Å². The van der Waals surface area contributed by atoms with Gasteiger partial charge in [0.2, 0.25) is 0 Å². The average Bonchev–Trinajstić information content (AvgIpc) is 2.12. The topological polar surface area (TPSA) is 17.1 Å². The number of Topliss-reactive ketones (excluding diaryl/α,β-unsaturated/α-hetero) is 1. The van der Waals surface area contributed by atoms with Crippen LogP contribution in [0, 0.1) is 11.8 Å². The Labute approximate surface area is 76.8 Å². The van der Waals surface area contributed by atoms with Gasteiger partial charge in [0, 0.05) is 22.0 Å². The summed E-state index contributed by atoms with van der Waals surface area (Å²) in [6.07, 6.45) is 1.85. The van der Waals surface area contributed by atoms with Crippen molar-refractivity contribution in [1.29, 1.82) is 0 Å². The minimum atomic E-state index is 0.383. The first-order valence-corrected chi connectivity index (χ1v) is 5.34. The van der Waals surface area contributed by atoms with Gasteiger partial charge in [-0.05, 0) is 12.3 Å². The minimum Gasteiger partial charge on any atom is -0.299 e. The van der Waals surface area contributed by atoms with Crippen molar-refractivity contribution in [2.45, 2.75) is 22.5 Å². The van der Waals surface area contributed by atoms with Gasteiger partial charge in [0.1, 0.15) is 5.78 Å². The minimum absolute atomic E-state index is 0.383. The predicted octanol–water partition coefficient (Wildman–Crippen LogP) is 2.12. The molecule has 0 radical (unpaired) electrons. The Bertz CT molecular complexity index is 180. The van der Waals surface area contributed by atoms with Crippen molar-refractivity contribution in [3.05, 3.63) is 0 Å². The molecule has 3 heteroatoms. The van der Waals surface area contributed by atoms with E-state index >= 15 is 0 Å². The first kappa shape index (κ1) is 7.29. The lowest BCUT2D eigenvalue weighted by atomic mass is 9.75. The van der Waals surface area contributed by atoms with Gasteiger partial charge >= 0.3 is 0 Å². The summed E-state index contributed by atoms with van der Waals surface area (Å²) in [5, 5.41) is 0. The predicted molar refractivity (Wildman–Crippen MR) is 46.7 cm³/mol. The third-order valence-electron chi connectivity index (χ3n) is 2.60. The molecule has 0 heterocycles. The molecule has 2 fully saturated rings. The molecule has 0 N–H and O–H groups in total. The van der Waals surface area contributed by atoms with Crippen LogP contribution in [-0.2, 0) is 4.79 Å². The van der Waals surface area contributed by atoms with E-state index < -0.39 is 0 Å². The second-order valence-electron chi connectivity index (χ2n) is 3.14. The van der Waals surface area contributed by atoms with E-state index in [1.54, 1.807) is 0 Å². The van der Waals surface area contributed by atoms with E-state index in [9.17, 15) is 4.79 Å². The SMILES string of the molecule is O=C1C[C@@H]2C1CC(Br)C2Br. The van der Waals surface area contributed by atoms with Gasteiger partial charge < -0.3 is 0 Å². The molecular formula is C7H8Br2O. The van der Waals surface area contributed by atoms with E-state index in [1.807, 2.05) is 0 Å². The summed E-state index contributed by atoms with van der Waals surface area (Å²) in [5.41, 5.74) is 0. The number of carbonyl (C=O) groups is 1. The highest BCUT2D eigenvalue weighted by Crippen LogP contribution is 2.49. The Hall–Kier alpha value is 0.630. The third kappa shape index (κ3) is 0.828. The van der Waals surface area contributed by atoms with Gasteiger partial charge in [-0.1, -0.05) is 31.9 Å². The Morgan fingerprint density at radius 2 is 2.10 bits per heavy atom. The van der Waals surface area contributed by atoms with Crippen molar-refractivity contribution in [3.8, 4) is 0 Å². The molecule has 2 aliphatic carbocycles. The number of hydrogen-bond acceptors (Lipinski definition) is 1. The highest BCUT2D eigenvalue weighted by Gasteiger charge is 2.51. The monoisotopic (exact) mass is 266 g/mol. The van der Waals surface area contributed by atoms with Gasteiger partial charge in [-0.2, -0.15) is 0 Å².